The molecule has 0 atom stereocenters. The summed E-state index contributed by atoms with van der Waals surface area (Å²) in [7, 11) is 0. The van der Waals surface area contributed by atoms with Crippen molar-refractivity contribution in [2.75, 3.05) is 32.8 Å². The van der Waals surface area contributed by atoms with Gasteiger partial charge in [0.2, 0.25) is 0 Å². The van der Waals surface area contributed by atoms with Crippen LogP contribution in [0.5, 0.6) is 5.75 Å². The fourth-order valence-electron chi connectivity index (χ4n) is 4.27. The number of unbranched alkanes of at least 4 members (excludes halogenated alkanes) is 1. The van der Waals surface area contributed by atoms with E-state index in [9.17, 15) is 22.8 Å². The molecule has 1 aliphatic heterocycles. The summed E-state index contributed by atoms with van der Waals surface area (Å²) < 4.78 is 47.2. The summed E-state index contributed by atoms with van der Waals surface area (Å²) >= 11 is 0.613. The molecule has 0 aliphatic carbocycles. The molecule has 0 radical (unpaired) electrons. The number of carbonyl (C=O) groups is 2. The first kappa shape index (κ1) is 31.2. The third kappa shape index (κ3) is 8.56. The number of alkyl halides is 3. The minimum Gasteiger partial charge on any atom is -0.492 e. The Morgan fingerprint density at radius 1 is 1.10 bits per heavy atom. The number of benzene rings is 2. The Morgan fingerprint density at radius 2 is 1.77 bits per heavy atom. The lowest BCUT2D eigenvalue weighted by Gasteiger charge is -2.29. The molecule has 2 aromatic carbocycles. The molecule has 0 bridgehead atoms. The van der Waals surface area contributed by atoms with Crippen LogP contribution in [0.15, 0.2) is 48.5 Å². The van der Waals surface area contributed by atoms with Crippen molar-refractivity contribution in [3.05, 3.63) is 65.2 Å². The Balaban J connectivity index is 1.67. The number of rotatable bonds is 10. The van der Waals surface area contributed by atoms with Gasteiger partial charge in [0.1, 0.15) is 17.4 Å². The number of ether oxygens (including phenoxy) is 1. The first-order chi connectivity index (χ1) is 19.0. The molecular weight excluding hydrogens is 545 g/mol. The maximum atomic E-state index is 13.9. The molecule has 0 unspecified atom stereocenters. The van der Waals surface area contributed by atoms with Crippen LogP contribution in [-0.4, -0.2) is 69.8 Å². The number of hydrogen-bond acceptors (Lipinski definition) is 7. The second-order valence-electron chi connectivity index (χ2n) is 9.42. The van der Waals surface area contributed by atoms with Gasteiger partial charge in [0.25, 0.3) is 5.91 Å². The number of likely N-dealkylation sites (tertiary alicyclic amines) is 1. The summed E-state index contributed by atoms with van der Waals surface area (Å²) in [5, 5.41) is 25.4. The van der Waals surface area contributed by atoms with E-state index < -0.39 is 29.5 Å². The summed E-state index contributed by atoms with van der Waals surface area (Å²) in [4.78, 5) is 27.3. The van der Waals surface area contributed by atoms with E-state index in [0.29, 0.717) is 56.2 Å². The zero-order valence-electron chi connectivity index (χ0n) is 22.2. The summed E-state index contributed by atoms with van der Waals surface area (Å²) in [5.41, 5.74) is -0.704. The van der Waals surface area contributed by atoms with Crippen LogP contribution in [0.3, 0.4) is 0 Å². The lowest BCUT2D eigenvalue weighted by atomic mass is 9.97. The Bertz CT molecular complexity index is 1200. The van der Waals surface area contributed by atoms with Crippen molar-refractivity contribution < 1.29 is 32.6 Å². The van der Waals surface area contributed by atoms with Gasteiger partial charge in [0.05, 0.1) is 11.5 Å². The van der Waals surface area contributed by atoms with E-state index in [4.69, 9.17) is 20.7 Å². The first-order valence-corrected chi connectivity index (χ1v) is 13.8. The molecule has 3 rings (SSSR count). The molecule has 0 spiro atoms. The molecule has 1 heterocycles. The number of halogens is 3. The molecule has 216 valence electrons. The minimum absolute atomic E-state index is 0.00894. The van der Waals surface area contributed by atoms with E-state index in [1.807, 2.05) is 11.8 Å². The van der Waals surface area contributed by atoms with Gasteiger partial charge in [0, 0.05) is 24.2 Å². The van der Waals surface area contributed by atoms with Crippen molar-refractivity contribution in [1.82, 2.24) is 9.80 Å². The molecule has 1 amide bonds. The number of amidine groups is 1. The second kappa shape index (κ2) is 14.3. The zero-order valence-corrected chi connectivity index (χ0v) is 23.0. The van der Waals surface area contributed by atoms with Crippen LogP contribution < -0.4 is 4.74 Å². The molecule has 3 N–H and O–H groups in total. The monoisotopic (exact) mass is 578 g/mol. The number of aliphatic carboxylic acids is 1. The lowest BCUT2D eigenvalue weighted by Crippen LogP contribution is -2.38. The largest absolute Gasteiger partial charge is 0.492 e. The van der Waals surface area contributed by atoms with Gasteiger partial charge in [-0.15, -0.1) is 0 Å². The number of carbonyl (C=O) groups excluding carboxylic acids is 1. The average Bonchev–Trinajstić information content (AvgIpc) is 2.93. The molecule has 8 nitrogen and oxygen atoms in total. The lowest BCUT2D eigenvalue weighted by molar-refractivity contribution is -0.143. The van der Waals surface area contributed by atoms with Crippen molar-refractivity contribution >= 4 is 33.8 Å². The van der Waals surface area contributed by atoms with E-state index in [0.717, 1.165) is 18.6 Å². The number of thioether (sulfide) groups is 1. The highest BCUT2D eigenvalue weighted by atomic mass is 32.2. The van der Waals surface area contributed by atoms with Crippen molar-refractivity contribution in [3.8, 4) is 5.75 Å². The number of nitrogens with one attached hydrogen (secondary N) is 2. The molecule has 40 heavy (non-hydrogen) atoms. The minimum atomic E-state index is -4.74. The Morgan fingerprint density at radius 3 is 2.38 bits per heavy atom. The summed E-state index contributed by atoms with van der Waals surface area (Å²) in [6.07, 6.45) is -2.37. The average molecular weight is 579 g/mol. The van der Waals surface area contributed by atoms with Crippen LogP contribution in [0.1, 0.15) is 54.1 Å². The second-order valence-corrected chi connectivity index (χ2v) is 10.4. The van der Waals surface area contributed by atoms with Crippen LogP contribution in [0.25, 0.3) is 0 Å². The van der Waals surface area contributed by atoms with E-state index in [1.54, 1.807) is 30.3 Å². The molecule has 0 aromatic heterocycles. The van der Waals surface area contributed by atoms with Crippen molar-refractivity contribution in [3.63, 3.8) is 0 Å². The highest BCUT2D eigenvalue weighted by molar-refractivity contribution is 8.26. The van der Waals surface area contributed by atoms with Crippen molar-refractivity contribution in [1.29, 1.82) is 10.8 Å². The van der Waals surface area contributed by atoms with Gasteiger partial charge in [-0.3, -0.25) is 30.2 Å². The third-order valence-electron chi connectivity index (χ3n) is 6.59. The zero-order chi connectivity index (χ0) is 29.3. The van der Waals surface area contributed by atoms with Crippen LogP contribution >= 0.6 is 11.8 Å². The first-order valence-electron chi connectivity index (χ1n) is 13.0. The predicted octanol–water partition coefficient (Wildman–Crippen LogP) is 5.82. The molecule has 1 saturated heterocycles. The molecule has 12 heteroatoms. The normalized spacial score (nSPS) is 14.5. The smallest absolute Gasteiger partial charge is 0.419 e. The Labute approximate surface area is 235 Å². The van der Waals surface area contributed by atoms with Gasteiger partial charge in [-0.25, -0.2) is 0 Å². The summed E-state index contributed by atoms with van der Waals surface area (Å²) in [6.45, 7) is 3.61. The number of piperidine rings is 1. The fraction of sp³-hybridized carbons (Fsp3) is 0.429. The molecular formula is C28H33F3N4O4S. The van der Waals surface area contributed by atoms with E-state index in [-0.39, 0.29) is 34.7 Å². The number of nitrogens with zero attached hydrogens (tertiary/aromatic N) is 2. The van der Waals surface area contributed by atoms with Gasteiger partial charge < -0.3 is 9.84 Å². The topological polar surface area (TPSA) is 118 Å². The molecule has 0 saturated carbocycles. The maximum absolute atomic E-state index is 13.9. The van der Waals surface area contributed by atoms with Crippen molar-refractivity contribution in [2.24, 2.45) is 5.92 Å². The van der Waals surface area contributed by atoms with Crippen LogP contribution in [0, 0.1) is 16.7 Å². The standard InChI is InChI=1S/C28H33F3N4O4S/c1-2-3-13-35(25(36)19-7-5-4-6-8-19)27(33)40-24(32)21-9-10-23(22(18-21)28(29,30)31)39-17-16-34-14-11-20(12-15-34)26(37)38/h4-10,18,20,32-33H,2-3,11-17H2,1H3,(H,37,38). The van der Waals surface area contributed by atoms with Gasteiger partial charge in [-0.05, 0) is 74.4 Å². The maximum Gasteiger partial charge on any atom is 0.419 e. The highest BCUT2D eigenvalue weighted by Gasteiger charge is 2.35. The number of carboxylic acid groups (broad SMARTS) is 1. The number of amides is 1. The third-order valence-corrected chi connectivity index (χ3v) is 7.45. The Hall–Kier alpha value is -3.38. The summed E-state index contributed by atoms with van der Waals surface area (Å²) in [6, 6.07) is 11.7. The fourth-order valence-corrected chi connectivity index (χ4v) is 4.99. The molecule has 1 fully saturated rings. The highest BCUT2D eigenvalue weighted by Crippen LogP contribution is 2.37. The summed E-state index contributed by atoms with van der Waals surface area (Å²) in [5.74, 6) is -2.01. The number of carboxylic acids is 1. The van der Waals surface area contributed by atoms with E-state index in [1.165, 1.54) is 11.0 Å². The van der Waals surface area contributed by atoms with Gasteiger partial charge >= 0.3 is 12.1 Å². The van der Waals surface area contributed by atoms with Crippen LogP contribution in [-0.2, 0) is 11.0 Å². The number of hydrogen-bond donors (Lipinski definition) is 3. The van der Waals surface area contributed by atoms with Gasteiger partial charge in [-0.1, -0.05) is 31.5 Å². The van der Waals surface area contributed by atoms with Crippen LogP contribution in [0.2, 0.25) is 0 Å². The quantitative estimate of drug-likeness (QED) is 0.242. The van der Waals surface area contributed by atoms with Crippen LogP contribution in [0.4, 0.5) is 13.2 Å². The molecule has 2 aromatic rings. The van der Waals surface area contributed by atoms with Crippen molar-refractivity contribution in [2.45, 2.75) is 38.8 Å². The molecule has 1 aliphatic rings. The van der Waals surface area contributed by atoms with Gasteiger partial charge in [0.15, 0.2) is 5.17 Å². The SMILES string of the molecule is CCCCN(C(=N)SC(=N)c1ccc(OCCN2CCC(C(=O)O)CC2)c(C(F)(F)F)c1)C(=O)c1ccccc1. The van der Waals surface area contributed by atoms with E-state index >= 15 is 0 Å². The predicted molar refractivity (Wildman–Crippen MR) is 148 cm³/mol. The Kier molecular flexibility index (Phi) is 11.1. The van der Waals surface area contributed by atoms with Gasteiger partial charge in [-0.2, -0.15) is 13.2 Å². The van der Waals surface area contributed by atoms with E-state index in [2.05, 4.69) is 0 Å².